The average Bonchev–Trinajstić information content (AvgIpc) is 2.18. The highest BCUT2D eigenvalue weighted by Crippen LogP contribution is 2.15. The third-order valence-electron chi connectivity index (χ3n) is 2.02. The summed E-state index contributed by atoms with van der Waals surface area (Å²) in [7, 11) is -3.81. The lowest BCUT2D eigenvalue weighted by Gasteiger charge is -2.12. The quantitative estimate of drug-likeness (QED) is 0.557. The number of hydrogen-bond acceptors (Lipinski definition) is 4. The van der Waals surface area contributed by atoms with Gasteiger partial charge in [-0.15, -0.1) is 13.2 Å². The zero-order valence-corrected chi connectivity index (χ0v) is 10.5. The smallest absolute Gasteiger partial charge is 0.248 e. The van der Waals surface area contributed by atoms with E-state index in [1.807, 2.05) is 12.2 Å². The molecule has 4 nitrogen and oxygen atoms in total. The van der Waals surface area contributed by atoms with Gasteiger partial charge in [0.2, 0.25) is 0 Å². The number of rotatable bonds is 10. The molecule has 0 fully saturated rings. The lowest BCUT2D eigenvalue weighted by molar-refractivity contribution is 0.209. The zero-order valence-electron chi connectivity index (χ0n) is 9.72. The van der Waals surface area contributed by atoms with E-state index < -0.39 is 10.4 Å². The van der Waals surface area contributed by atoms with Crippen LogP contribution < -0.4 is 0 Å². The average molecular weight is 248 g/mol. The van der Waals surface area contributed by atoms with Crippen molar-refractivity contribution in [3.8, 4) is 0 Å². The fourth-order valence-corrected chi connectivity index (χ4v) is 1.96. The van der Waals surface area contributed by atoms with Crippen LogP contribution in [0, 0.1) is 5.92 Å². The molecule has 0 atom stereocenters. The third-order valence-corrected chi connectivity index (χ3v) is 3.00. The molecule has 0 spiro atoms. The maximum atomic E-state index is 11.0. The molecule has 0 saturated heterocycles. The molecular formula is C11H20O4S. The molecule has 16 heavy (non-hydrogen) atoms. The lowest BCUT2D eigenvalue weighted by Crippen LogP contribution is -2.13. The highest BCUT2D eigenvalue weighted by atomic mass is 32.3. The molecule has 0 saturated carbocycles. The molecule has 0 bridgehead atoms. The van der Waals surface area contributed by atoms with Crippen LogP contribution in [-0.4, -0.2) is 21.6 Å². The largest absolute Gasteiger partial charge is 0.399 e. The molecule has 0 aliphatic carbocycles. The van der Waals surface area contributed by atoms with E-state index in [-0.39, 0.29) is 13.2 Å². The van der Waals surface area contributed by atoms with Gasteiger partial charge in [-0.2, -0.15) is 8.42 Å². The molecule has 0 aliphatic rings. The highest BCUT2D eigenvalue weighted by molar-refractivity contribution is 7.81. The second kappa shape index (κ2) is 8.50. The van der Waals surface area contributed by atoms with Gasteiger partial charge in [0.05, 0.1) is 13.2 Å². The predicted octanol–water partition coefficient (Wildman–Crippen LogP) is 2.44. The van der Waals surface area contributed by atoms with Gasteiger partial charge < -0.3 is 0 Å². The summed E-state index contributed by atoms with van der Waals surface area (Å²) in [6.45, 7) is 9.12. The highest BCUT2D eigenvalue weighted by Gasteiger charge is 2.12. The van der Waals surface area contributed by atoms with Crippen LogP contribution in [0.25, 0.3) is 0 Å². The van der Waals surface area contributed by atoms with Crippen LogP contribution in [0.4, 0.5) is 0 Å². The van der Waals surface area contributed by atoms with Gasteiger partial charge in [-0.3, -0.25) is 0 Å². The van der Waals surface area contributed by atoms with Crippen molar-refractivity contribution in [3.05, 3.63) is 25.3 Å². The summed E-state index contributed by atoms with van der Waals surface area (Å²) in [6, 6.07) is 0. The fraction of sp³-hybridized carbons (Fsp3) is 0.636. The first kappa shape index (κ1) is 15.3. The van der Waals surface area contributed by atoms with E-state index in [4.69, 9.17) is 0 Å². The summed E-state index contributed by atoms with van der Waals surface area (Å²) in [4.78, 5) is 0. The Kier molecular flexibility index (Phi) is 8.15. The molecule has 0 radical (unpaired) electrons. The van der Waals surface area contributed by atoms with Crippen LogP contribution in [0.2, 0.25) is 0 Å². The van der Waals surface area contributed by atoms with Gasteiger partial charge in [-0.25, -0.2) is 8.37 Å². The van der Waals surface area contributed by atoms with Crippen LogP contribution in [0.15, 0.2) is 25.3 Å². The number of hydrogen-bond donors (Lipinski definition) is 0. The van der Waals surface area contributed by atoms with Gasteiger partial charge in [-0.1, -0.05) is 12.2 Å². The Hall–Kier alpha value is -0.650. The summed E-state index contributed by atoms with van der Waals surface area (Å²) in [5, 5.41) is 0. The van der Waals surface area contributed by atoms with E-state index in [1.165, 1.54) is 0 Å². The van der Waals surface area contributed by atoms with Crippen molar-refractivity contribution in [2.24, 2.45) is 5.92 Å². The van der Waals surface area contributed by atoms with Gasteiger partial charge >= 0.3 is 10.4 Å². The Morgan fingerprint density at radius 2 is 1.75 bits per heavy atom. The third kappa shape index (κ3) is 7.62. The SMILES string of the molecule is C=CCC(CC=C)CCOS(=O)(=O)OCC. The summed E-state index contributed by atoms with van der Waals surface area (Å²) >= 11 is 0. The summed E-state index contributed by atoms with van der Waals surface area (Å²) in [5.74, 6) is 0.326. The molecule has 5 heteroatoms. The van der Waals surface area contributed by atoms with E-state index in [0.717, 1.165) is 12.8 Å². The normalized spacial score (nSPS) is 11.6. The summed E-state index contributed by atoms with van der Waals surface area (Å²) in [5.41, 5.74) is 0. The maximum absolute atomic E-state index is 11.0. The Morgan fingerprint density at radius 1 is 1.19 bits per heavy atom. The summed E-state index contributed by atoms with van der Waals surface area (Å²) in [6.07, 6.45) is 5.91. The van der Waals surface area contributed by atoms with Crippen LogP contribution in [0.1, 0.15) is 26.2 Å². The number of allylic oxidation sites excluding steroid dienone is 2. The molecular weight excluding hydrogens is 228 g/mol. The van der Waals surface area contributed by atoms with Gasteiger partial charge in [0.25, 0.3) is 0 Å². The maximum Gasteiger partial charge on any atom is 0.399 e. The Morgan fingerprint density at radius 3 is 2.19 bits per heavy atom. The Bertz CT molecular complexity index is 285. The first-order valence-corrected chi connectivity index (χ1v) is 6.64. The monoisotopic (exact) mass is 248 g/mol. The molecule has 0 amide bonds. The van der Waals surface area contributed by atoms with Gasteiger partial charge in [0, 0.05) is 0 Å². The van der Waals surface area contributed by atoms with Crippen molar-refractivity contribution < 1.29 is 16.8 Å². The second-order valence-electron chi connectivity index (χ2n) is 3.34. The van der Waals surface area contributed by atoms with Gasteiger partial charge in [-0.05, 0) is 32.1 Å². The first-order valence-electron chi connectivity index (χ1n) is 5.31. The second-order valence-corrected chi connectivity index (χ2v) is 4.63. The van der Waals surface area contributed by atoms with Crippen LogP contribution in [0.5, 0.6) is 0 Å². The zero-order chi connectivity index (χ0) is 12.4. The molecule has 0 aromatic rings. The van der Waals surface area contributed by atoms with E-state index in [0.29, 0.717) is 12.3 Å². The van der Waals surface area contributed by atoms with E-state index in [9.17, 15) is 8.42 Å². The standard InChI is InChI=1S/C11H20O4S/c1-4-7-11(8-5-2)9-10-15-16(12,13)14-6-3/h4-5,11H,1-2,6-10H2,3H3. The van der Waals surface area contributed by atoms with E-state index >= 15 is 0 Å². The predicted molar refractivity (Wildman–Crippen MR) is 64.2 cm³/mol. The van der Waals surface area contributed by atoms with Crippen molar-refractivity contribution in [3.63, 3.8) is 0 Å². The molecule has 0 aromatic heterocycles. The van der Waals surface area contributed by atoms with Crippen LogP contribution in [0.3, 0.4) is 0 Å². The van der Waals surface area contributed by atoms with Gasteiger partial charge in [0.1, 0.15) is 0 Å². The van der Waals surface area contributed by atoms with Crippen LogP contribution in [-0.2, 0) is 18.8 Å². The van der Waals surface area contributed by atoms with Gasteiger partial charge in [0.15, 0.2) is 0 Å². The lowest BCUT2D eigenvalue weighted by atomic mass is 9.98. The molecule has 94 valence electrons. The Balaban J connectivity index is 3.93. The van der Waals surface area contributed by atoms with Crippen molar-refractivity contribution >= 4 is 10.4 Å². The van der Waals surface area contributed by atoms with Crippen LogP contribution >= 0.6 is 0 Å². The first-order chi connectivity index (χ1) is 7.55. The molecule has 0 rings (SSSR count). The molecule has 0 heterocycles. The minimum absolute atomic E-state index is 0.0884. The Labute approximate surface area is 98.3 Å². The minimum atomic E-state index is -3.81. The minimum Gasteiger partial charge on any atom is -0.248 e. The van der Waals surface area contributed by atoms with E-state index in [1.54, 1.807) is 6.92 Å². The molecule has 0 unspecified atom stereocenters. The van der Waals surface area contributed by atoms with Crippen molar-refractivity contribution in [1.29, 1.82) is 0 Å². The fourth-order valence-electron chi connectivity index (χ4n) is 1.30. The van der Waals surface area contributed by atoms with E-state index in [2.05, 4.69) is 21.5 Å². The molecule has 0 N–H and O–H groups in total. The molecule has 0 aliphatic heterocycles. The van der Waals surface area contributed by atoms with Crippen molar-refractivity contribution in [2.45, 2.75) is 26.2 Å². The topological polar surface area (TPSA) is 52.6 Å². The van der Waals surface area contributed by atoms with Crippen molar-refractivity contribution in [2.75, 3.05) is 13.2 Å². The molecule has 0 aromatic carbocycles. The van der Waals surface area contributed by atoms with Crippen molar-refractivity contribution in [1.82, 2.24) is 0 Å². The summed E-state index contributed by atoms with van der Waals surface area (Å²) < 4.78 is 31.2.